The Hall–Kier alpha value is -1.61. The monoisotopic (exact) mass is 374 g/mol. The van der Waals surface area contributed by atoms with E-state index in [9.17, 15) is 14.7 Å². The fourth-order valence-corrected chi connectivity index (χ4v) is 2.53. The van der Waals surface area contributed by atoms with Gasteiger partial charge in [0.2, 0.25) is 0 Å². The first-order valence-electron chi connectivity index (χ1n) is 7.37. The maximum Gasteiger partial charge on any atom is 0.330 e. The first-order valence-corrected chi connectivity index (χ1v) is 8.62. The van der Waals surface area contributed by atoms with E-state index in [1.807, 2.05) is 0 Å². The molecule has 9 nitrogen and oxygen atoms in total. The normalized spacial score (nSPS) is 14.1. The average Bonchev–Trinajstić information content (AvgIpc) is 2.60. The summed E-state index contributed by atoms with van der Waals surface area (Å²) in [5.41, 5.74) is -1.16. The molecule has 0 saturated heterocycles. The van der Waals surface area contributed by atoms with Crippen molar-refractivity contribution >= 4 is 8.38 Å². The summed E-state index contributed by atoms with van der Waals surface area (Å²) in [6.07, 6.45) is 2.85. The third kappa shape index (κ3) is 7.43. The van der Waals surface area contributed by atoms with E-state index in [4.69, 9.17) is 18.5 Å². The standard InChI is InChI=1S/C15H23N2O7P/c1-4-8-23-11-14(17-7-5-13(19)16-15(17)20)24-12(10-18)6-9-25(21-2)22-3/h4-7,9,12,14,18H,1,8,10-11H2,2-3H3,(H,16,19,20)/b9-6+. The van der Waals surface area contributed by atoms with Crippen LogP contribution < -0.4 is 11.2 Å². The second kappa shape index (κ2) is 11.9. The smallest absolute Gasteiger partial charge is 0.330 e. The Bertz CT molecular complexity index is 654. The van der Waals surface area contributed by atoms with Crippen LogP contribution in [0.4, 0.5) is 0 Å². The Balaban J connectivity index is 2.95. The lowest BCUT2D eigenvalue weighted by Gasteiger charge is -2.23. The van der Waals surface area contributed by atoms with Gasteiger partial charge in [0.1, 0.15) is 6.10 Å². The number of ether oxygens (including phenoxy) is 2. The zero-order valence-corrected chi connectivity index (χ0v) is 15.1. The van der Waals surface area contributed by atoms with Gasteiger partial charge in [-0.3, -0.25) is 14.3 Å². The molecule has 2 atom stereocenters. The van der Waals surface area contributed by atoms with E-state index < -0.39 is 32.0 Å². The summed E-state index contributed by atoms with van der Waals surface area (Å²) in [5.74, 6) is 1.63. The minimum absolute atomic E-state index is 0.0195. The molecule has 0 saturated carbocycles. The first kappa shape index (κ1) is 21.4. The third-order valence-corrected chi connectivity index (χ3v) is 4.09. The van der Waals surface area contributed by atoms with Gasteiger partial charge in [0, 0.05) is 26.5 Å². The van der Waals surface area contributed by atoms with Crippen LogP contribution in [0.5, 0.6) is 0 Å². The van der Waals surface area contributed by atoms with Crippen molar-refractivity contribution in [1.29, 1.82) is 0 Å². The van der Waals surface area contributed by atoms with Crippen LogP contribution in [0.25, 0.3) is 0 Å². The van der Waals surface area contributed by atoms with E-state index in [0.29, 0.717) is 0 Å². The van der Waals surface area contributed by atoms with Crippen molar-refractivity contribution in [3.05, 3.63) is 57.6 Å². The fourth-order valence-electron chi connectivity index (χ4n) is 1.80. The zero-order chi connectivity index (χ0) is 18.7. The molecule has 25 heavy (non-hydrogen) atoms. The van der Waals surface area contributed by atoms with Crippen LogP contribution in [0, 0.1) is 0 Å². The molecule has 1 rings (SSSR count). The molecule has 0 bridgehead atoms. The summed E-state index contributed by atoms with van der Waals surface area (Å²) in [6, 6.07) is 1.20. The molecule has 0 spiro atoms. The largest absolute Gasteiger partial charge is 0.393 e. The molecule has 0 aliphatic carbocycles. The van der Waals surface area contributed by atoms with E-state index >= 15 is 0 Å². The molecule has 0 aliphatic rings. The Labute approximate surface area is 146 Å². The molecule has 0 amide bonds. The molecule has 10 heteroatoms. The maximum atomic E-state index is 12.0. The van der Waals surface area contributed by atoms with Crippen molar-refractivity contribution in [2.45, 2.75) is 12.3 Å². The van der Waals surface area contributed by atoms with E-state index in [-0.39, 0.29) is 19.8 Å². The molecule has 0 fully saturated rings. The summed E-state index contributed by atoms with van der Waals surface area (Å²) in [5, 5.41) is 9.51. The maximum absolute atomic E-state index is 12.0. The van der Waals surface area contributed by atoms with Gasteiger partial charge < -0.3 is 23.6 Å². The molecule has 1 aromatic heterocycles. The molecule has 1 aromatic rings. The molecule has 0 aliphatic heterocycles. The minimum atomic E-state index is -1.23. The highest BCUT2D eigenvalue weighted by molar-refractivity contribution is 7.50. The van der Waals surface area contributed by atoms with E-state index in [2.05, 4.69) is 11.6 Å². The number of aromatic amines is 1. The van der Waals surface area contributed by atoms with E-state index in [1.54, 1.807) is 18.0 Å². The number of hydrogen-bond donors (Lipinski definition) is 2. The number of aliphatic hydroxyl groups is 1. The predicted octanol–water partition coefficient (Wildman–Crippen LogP) is 0.734. The van der Waals surface area contributed by atoms with E-state index in [0.717, 1.165) is 0 Å². The Morgan fingerprint density at radius 1 is 1.40 bits per heavy atom. The van der Waals surface area contributed by atoms with Crippen molar-refractivity contribution in [1.82, 2.24) is 9.55 Å². The van der Waals surface area contributed by atoms with Gasteiger partial charge in [-0.2, -0.15) is 0 Å². The van der Waals surface area contributed by atoms with Crippen LogP contribution in [-0.2, 0) is 18.5 Å². The number of hydrogen-bond acceptors (Lipinski definition) is 7. The summed E-state index contributed by atoms with van der Waals surface area (Å²) < 4.78 is 22.4. The SMILES string of the molecule is C=CCOCC(OC(/C=C/P(OC)OC)CO)n1ccc(=O)[nH]c1=O. The van der Waals surface area contributed by atoms with Crippen molar-refractivity contribution < 1.29 is 23.6 Å². The van der Waals surface area contributed by atoms with Gasteiger partial charge in [0.05, 0.1) is 19.8 Å². The zero-order valence-electron chi connectivity index (χ0n) is 14.2. The number of aromatic nitrogens is 2. The van der Waals surface area contributed by atoms with Gasteiger partial charge in [0.15, 0.2) is 14.6 Å². The molecule has 2 N–H and O–H groups in total. The quantitative estimate of drug-likeness (QED) is 0.315. The van der Waals surface area contributed by atoms with Gasteiger partial charge in [-0.15, -0.1) is 6.58 Å². The summed E-state index contributed by atoms with van der Waals surface area (Å²) in [7, 11) is 1.77. The van der Waals surface area contributed by atoms with Gasteiger partial charge in [-0.1, -0.05) is 6.08 Å². The van der Waals surface area contributed by atoms with Crippen LogP contribution in [0.2, 0.25) is 0 Å². The lowest BCUT2D eigenvalue weighted by Crippen LogP contribution is -2.36. The van der Waals surface area contributed by atoms with Crippen LogP contribution >= 0.6 is 8.38 Å². The Morgan fingerprint density at radius 2 is 2.12 bits per heavy atom. The third-order valence-electron chi connectivity index (χ3n) is 2.95. The van der Waals surface area contributed by atoms with Gasteiger partial charge >= 0.3 is 5.69 Å². The van der Waals surface area contributed by atoms with Crippen LogP contribution in [0.15, 0.2) is 46.4 Å². The highest BCUT2D eigenvalue weighted by Gasteiger charge is 2.18. The lowest BCUT2D eigenvalue weighted by atomic mass is 10.3. The molecule has 0 aromatic carbocycles. The Kier molecular flexibility index (Phi) is 10.2. The number of nitrogens with zero attached hydrogens (tertiary/aromatic N) is 1. The fraction of sp³-hybridized carbons (Fsp3) is 0.467. The van der Waals surface area contributed by atoms with E-state index in [1.165, 1.54) is 31.0 Å². The van der Waals surface area contributed by atoms with Crippen LogP contribution in [0.3, 0.4) is 0 Å². The minimum Gasteiger partial charge on any atom is -0.393 e. The van der Waals surface area contributed by atoms with Gasteiger partial charge in [0.25, 0.3) is 5.56 Å². The lowest BCUT2D eigenvalue weighted by molar-refractivity contribution is -0.0915. The van der Waals surface area contributed by atoms with Crippen molar-refractivity contribution in [2.24, 2.45) is 0 Å². The number of H-pyrrole nitrogens is 1. The number of nitrogens with one attached hydrogen (secondary N) is 1. The molecule has 140 valence electrons. The van der Waals surface area contributed by atoms with Gasteiger partial charge in [-0.25, -0.2) is 4.79 Å². The molecule has 0 radical (unpaired) electrons. The first-order chi connectivity index (χ1) is 12.0. The number of rotatable bonds is 12. The molecular weight excluding hydrogens is 351 g/mol. The molecule has 1 heterocycles. The summed E-state index contributed by atoms with van der Waals surface area (Å²) in [6.45, 7) is 3.49. The topological polar surface area (TPSA) is 112 Å². The molecular formula is C15H23N2O7P. The highest BCUT2D eigenvalue weighted by Crippen LogP contribution is 2.37. The molecule has 2 unspecified atom stereocenters. The van der Waals surface area contributed by atoms with Crippen molar-refractivity contribution in [3.63, 3.8) is 0 Å². The highest BCUT2D eigenvalue weighted by atomic mass is 31.2. The van der Waals surface area contributed by atoms with Crippen molar-refractivity contribution in [3.8, 4) is 0 Å². The predicted molar refractivity (Wildman–Crippen MR) is 93.4 cm³/mol. The Morgan fingerprint density at radius 3 is 2.68 bits per heavy atom. The van der Waals surface area contributed by atoms with Gasteiger partial charge in [-0.05, 0) is 11.9 Å². The van der Waals surface area contributed by atoms with Crippen LogP contribution in [-0.4, -0.2) is 54.8 Å². The summed E-state index contributed by atoms with van der Waals surface area (Å²) >= 11 is 0. The second-order valence-electron chi connectivity index (χ2n) is 4.65. The number of aliphatic hydroxyl groups excluding tert-OH is 1. The average molecular weight is 374 g/mol. The van der Waals surface area contributed by atoms with Crippen molar-refractivity contribution in [2.75, 3.05) is 34.0 Å². The summed E-state index contributed by atoms with van der Waals surface area (Å²) in [4.78, 5) is 25.3. The second-order valence-corrected chi connectivity index (χ2v) is 6.25. The van der Waals surface area contributed by atoms with Crippen LogP contribution in [0.1, 0.15) is 6.23 Å².